The van der Waals surface area contributed by atoms with Gasteiger partial charge in [0.05, 0.1) is 11.9 Å². The van der Waals surface area contributed by atoms with E-state index in [0.717, 1.165) is 17.1 Å². The van der Waals surface area contributed by atoms with Gasteiger partial charge in [0, 0.05) is 25.9 Å². The Balaban J connectivity index is 2.41. The topological polar surface area (TPSA) is 42.7 Å². The van der Waals surface area contributed by atoms with Crippen molar-refractivity contribution in [2.45, 2.75) is 0 Å². The van der Waals surface area contributed by atoms with Crippen LogP contribution in [0, 0.1) is 0 Å². The Morgan fingerprint density at radius 3 is 2.86 bits per heavy atom. The fraction of sp³-hybridized carbons (Fsp3) is 0.200. The summed E-state index contributed by atoms with van der Waals surface area (Å²) in [6, 6.07) is 5.87. The van der Waals surface area contributed by atoms with Gasteiger partial charge in [0.2, 0.25) is 0 Å². The van der Waals surface area contributed by atoms with Crippen molar-refractivity contribution in [2.75, 3.05) is 12.4 Å². The normalized spacial score (nSPS) is 10.1. The maximum absolute atomic E-state index is 4.41. The number of aryl methyl sites for hydroxylation is 1. The predicted octanol–water partition coefficient (Wildman–Crippen LogP) is 1.52. The van der Waals surface area contributed by atoms with Crippen molar-refractivity contribution in [3.8, 4) is 11.3 Å². The molecule has 0 radical (unpaired) electrons. The summed E-state index contributed by atoms with van der Waals surface area (Å²) in [7, 11) is 3.75. The van der Waals surface area contributed by atoms with E-state index in [1.165, 1.54) is 0 Å². The molecule has 72 valence electrons. The first-order valence-electron chi connectivity index (χ1n) is 4.43. The summed E-state index contributed by atoms with van der Waals surface area (Å²) in [5, 5.41) is 7.11. The molecule has 2 aromatic rings. The van der Waals surface area contributed by atoms with E-state index in [1.807, 2.05) is 44.7 Å². The zero-order chi connectivity index (χ0) is 9.97. The lowest BCUT2D eigenvalue weighted by atomic mass is 10.2. The minimum Gasteiger partial charge on any atom is -0.373 e. The molecule has 2 aromatic heterocycles. The monoisotopic (exact) mass is 188 g/mol. The largest absolute Gasteiger partial charge is 0.373 e. The number of nitrogens with zero attached hydrogens (tertiary/aromatic N) is 3. The molecule has 0 aromatic carbocycles. The molecule has 0 bridgehead atoms. The number of anilines is 1. The average Bonchev–Trinajstić information content (AvgIpc) is 2.65. The van der Waals surface area contributed by atoms with Crippen LogP contribution >= 0.6 is 0 Å². The Kier molecular flexibility index (Phi) is 2.18. The summed E-state index contributed by atoms with van der Waals surface area (Å²) in [4.78, 5) is 4.41. The van der Waals surface area contributed by atoms with Crippen molar-refractivity contribution in [2.24, 2.45) is 7.05 Å². The van der Waals surface area contributed by atoms with E-state index >= 15 is 0 Å². The van der Waals surface area contributed by atoms with Gasteiger partial charge in [0.1, 0.15) is 5.82 Å². The minimum absolute atomic E-state index is 0.867. The highest BCUT2D eigenvalue weighted by atomic mass is 15.2. The van der Waals surface area contributed by atoms with Crippen LogP contribution in [0.3, 0.4) is 0 Å². The first-order valence-corrected chi connectivity index (χ1v) is 4.43. The molecule has 0 aliphatic carbocycles. The number of hydrogen-bond acceptors (Lipinski definition) is 3. The molecule has 0 aliphatic rings. The molecular weight excluding hydrogens is 176 g/mol. The van der Waals surface area contributed by atoms with Crippen LogP contribution in [-0.2, 0) is 7.05 Å². The van der Waals surface area contributed by atoms with Gasteiger partial charge in [-0.1, -0.05) is 6.07 Å². The van der Waals surface area contributed by atoms with Crippen molar-refractivity contribution in [3.05, 3.63) is 30.6 Å². The summed E-state index contributed by atoms with van der Waals surface area (Å²) in [6.07, 6.45) is 3.75. The highest BCUT2D eigenvalue weighted by Crippen LogP contribution is 2.17. The van der Waals surface area contributed by atoms with Crippen molar-refractivity contribution in [1.29, 1.82) is 0 Å². The Hall–Kier alpha value is -1.84. The summed E-state index contributed by atoms with van der Waals surface area (Å²) in [5.74, 6) is 0.867. The van der Waals surface area contributed by atoms with Gasteiger partial charge < -0.3 is 5.32 Å². The van der Waals surface area contributed by atoms with Crippen LogP contribution in [-0.4, -0.2) is 21.8 Å². The molecule has 0 unspecified atom stereocenters. The van der Waals surface area contributed by atoms with Crippen LogP contribution in [0.1, 0.15) is 0 Å². The van der Waals surface area contributed by atoms with E-state index < -0.39 is 0 Å². The van der Waals surface area contributed by atoms with Gasteiger partial charge in [-0.25, -0.2) is 4.98 Å². The first kappa shape index (κ1) is 8.74. The van der Waals surface area contributed by atoms with Gasteiger partial charge >= 0.3 is 0 Å². The number of hydrogen-bond donors (Lipinski definition) is 1. The maximum Gasteiger partial charge on any atom is 0.126 e. The molecule has 4 heteroatoms. The van der Waals surface area contributed by atoms with Gasteiger partial charge in [-0.15, -0.1) is 0 Å². The van der Waals surface area contributed by atoms with Crippen LogP contribution in [0.25, 0.3) is 11.3 Å². The SMILES string of the molecule is CNc1cccc(-c2cnn(C)c2)n1. The van der Waals surface area contributed by atoms with Crippen molar-refractivity contribution >= 4 is 5.82 Å². The van der Waals surface area contributed by atoms with Crippen LogP contribution in [0.4, 0.5) is 5.82 Å². The van der Waals surface area contributed by atoms with Crippen molar-refractivity contribution in [1.82, 2.24) is 14.8 Å². The third-order valence-corrected chi connectivity index (χ3v) is 2.01. The van der Waals surface area contributed by atoms with Gasteiger partial charge in [0.25, 0.3) is 0 Å². The van der Waals surface area contributed by atoms with Gasteiger partial charge in [-0.05, 0) is 12.1 Å². The van der Waals surface area contributed by atoms with Gasteiger partial charge in [-0.3, -0.25) is 4.68 Å². The van der Waals surface area contributed by atoms with E-state index in [-0.39, 0.29) is 0 Å². The Morgan fingerprint density at radius 2 is 2.21 bits per heavy atom. The maximum atomic E-state index is 4.41. The van der Waals surface area contributed by atoms with E-state index in [4.69, 9.17) is 0 Å². The number of pyridine rings is 1. The Morgan fingerprint density at radius 1 is 1.36 bits per heavy atom. The fourth-order valence-electron chi connectivity index (χ4n) is 1.29. The van der Waals surface area contributed by atoms with Crippen molar-refractivity contribution < 1.29 is 0 Å². The minimum atomic E-state index is 0.867. The molecule has 14 heavy (non-hydrogen) atoms. The Labute approximate surface area is 82.6 Å². The molecule has 0 saturated heterocycles. The molecule has 0 atom stereocenters. The van der Waals surface area contributed by atoms with Crippen LogP contribution in [0.5, 0.6) is 0 Å². The quantitative estimate of drug-likeness (QED) is 0.777. The van der Waals surface area contributed by atoms with Gasteiger partial charge in [0.15, 0.2) is 0 Å². The first-order chi connectivity index (χ1) is 6.79. The van der Waals surface area contributed by atoms with E-state index in [0.29, 0.717) is 0 Å². The average molecular weight is 188 g/mol. The van der Waals surface area contributed by atoms with Crippen molar-refractivity contribution in [3.63, 3.8) is 0 Å². The summed E-state index contributed by atoms with van der Waals surface area (Å²) in [5.41, 5.74) is 1.97. The highest BCUT2D eigenvalue weighted by molar-refractivity contribution is 5.59. The lowest BCUT2D eigenvalue weighted by molar-refractivity contribution is 0.768. The molecule has 0 spiro atoms. The summed E-state index contributed by atoms with van der Waals surface area (Å²) < 4.78 is 1.77. The summed E-state index contributed by atoms with van der Waals surface area (Å²) >= 11 is 0. The van der Waals surface area contributed by atoms with Gasteiger partial charge in [-0.2, -0.15) is 5.10 Å². The smallest absolute Gasteiger partial charge is 0.126 e. The second-order valence-corrected chi connectivity index (χ2v) is 3.06. The molecule has 4 nitrogen and oxygen atoms in total. The Bertz CT molecular complexity index is 433. The lowest BCUT2D eigenvalue weighted by Gasteiger charge is -2.00. The molecule has 2 heterocycles. The zero-order valence-electron chi connectivity index (χ0n) is 8.23. The van der Waals surface area contributed by atoms with E-state index in [9.17, 15) is 0 Å². The van der Waals surface area contributed by atoms with Crippen LogP contribution in [0.15, 0.2) is 30.6 Å². The second-order valence-electron chi connectivity index (χ2n) is 3.06. The molecule has 2 rings (SSSR count). The van der Waals surface area contributed by atoms with Crippen LogP contribution in [0.2, 0.25) is 0 Å². The fourth-order valence-corrected chi connectivity index (χ4v) is 1.29. The number of nitrogens with one attached hydrogen (secondary N) is 1. The highest BCUT2D eigenvalue weighted by Gasteiger charge is 2.01. The van der Waals surface area contributed by atoms with E-state index in [2.05, 4.69) is 15.4 Å². The van der Waals surface area contributed by atoms with E-state index in [1.54, 1.807) is 4.68 Å². The molecule has 1 N–H and O–H groups in total. The predicted molar refractivity (Wildman–Crippen MR) is 56.0 cm³/mol. The number of rotatable bonds is 2. The molecule has 0 fully saturated rings. The zero-order valence-corrected chi connectivity index (χ0v) is 8.23. The number of aromatic nitrogens is 3. The third kappa shape index (κ3) is 1.59. The standard InChI is InChI=1S/C10H12N4/c1-11-10-5-3-4-9(13-10)8-6-12-14(2)7-8/h3-7H,1-2H3,(H,11,13). The third-order valence-electron chi connectivity index (χ3n) is 2.01. The molecule has 0 saturated carbocycles. The molecular formula is C10H12N4. The molecule has 0 amide bonds. The lowest BCUT2D eigenvalue weighted by Crippen LogP contribution is -1.92. The van der Waals surface area contributed by atoms with Crippen LogP contribution < -0.4 is 5.32 Å². The second kappa shape index (κ2) is 3.49. The molecule has 0 aliphatic heterocycles. The summed E-state index contributed by atoms with van der Waals surface area (Å²) in [6.45, 7) is 0.